The Hall–Kier alpha value is -0.530. The first kappa shape index (κ1) is 24.5. The van der Waals surface area contributed by atoms with Crippen LogP contribution in [0.25, 0.3) is 0 Å². The Kier molecular flexibility index (Phi) is 18.3. The Bertz CT molecular complexity index is 287. The zero-order valence-corrected chi connectivity index (χ0v) is 18.4. The van der Waals surface area contributed by atoms with E-state index in [2.05, 4.69) is 5.32 Å². The van der Waals surface area contributed by atoms with Crippen molar-refractivity contribution >= 4 is 5.91 Å². The molecule has 0 atom stereocenters. The highest BCUT2D eigenvalue weighted by Crippen LogP contribution is 2.15. The van der Waals surface area contributed by atoms with Gasteiger partial charge in [-0.2, -0.15) is 0 Å². The van der Waals surface area contributed by atoms with Crippen molar-refractivity contribution in [3.63, 3.8) is 0 Å². The van der Waals surface area contributed by atoms with Crippen LogP contribution in [0.1, 0.15) is 148 Å². The lowest BCUT2D eigenvalue weighted by atomic mass is 10.0. The standard InChI is InChI=1S/C25H49NO/c27-25-23-21-19-17-15-13-11-9-7-5-3-1-2-4-6-8-10-12-14-16-18-20-22-24-26-25/h1-24H2,(H,26,27). The van der Waals surface area contributed by atoms with Crippen LogP contribution in [0.15, 0.2) is 0 Å². The topological polar surface area (TPSA) is 29.1 Å². The van der Waals surface area contributed by atoms with Gasteiger partial charge >= 0.3 is 0 Å². The van der Waals surface area contributed by atoms with Crippen molar-refractivity contribution in [1.29, 1.82) is 0 Å². The molecule has 1 N–H and O–H groups in total. The Labute approximate surface area is 170 Å². The van der Waals surface area contributed by atoms with Crippen molar-refractivity contribution in [3.05, 3.63) is 0 Å². The molecule has 1 aliphatic heterocycles. The largest absolute Gasteiger partial charge is 0.356 e. The number of carbonyl (C=O) groups excluding carboxylic acids is 1. The Morgan fingerprint density at radius 1 is 0.370 bits per heavy atom. The Balaban J connectivity index is 2.07. The third-order valence-corrected chi connectivity index (χ3v) is 6.15. The predicted molar refractivity (Wildman–Crippen MR) is 119 cm³/mol. The van der Waals surface area contributed by atoms with Crippen LogP contribution < -0.4 is 5.32 Å². The van der Waals surface area contributed by atoms with Crippen molar-refractivity contribution in [1.82, 2.24) is 5.32 Å². The minimum Gasteiger partial charge on any atom is -0.356 e. The molecule has 1 saturated heterocycles. The quantitative estimate of drug-likeness (QED) is 0.452. The van der Waals surface area contributed by atoms with Crippen molar-refractivity contribution < 1.29 is 4.79 Å². The molecule has 1 amide bonds. The minimum absolute atomic E-state index is 0.274. The smallest absolute Gasteiger partial charge is 0.219 e. The van der Waals surface area contributed by atoms with Gasteiger partial charge in [0.1, 0.15) is 0 Å². The fourth-order valence-electron chi connectivity index (χ4n) is 4.26. The highest BCUT2D eigenvalue weighted by atomic mass is 16.1. The van der Waals surface area contributed by atoms with E-state index in [4.69, 9.17) is 0 Å². The van der Waals surface area contributed by atoms with Crippen molar-refractivity contribution in [2.45, 2.75) is 148 Å². The summed E-state index contributed by atoms with van der Waals surface area (Å²) in [4.78, 5) is 11.8. The maximum Gasteiger partial charge on any atom is 0.219 e. The fraction of sp³-hybridized carbons (Fsp3) is 0.960. The lowest BCUT2D eigenvalue weighted by molar-refractivity contribution is -0.121. The Morgan fingerprint density at radius 2 is 0.630 bits per heavy atom. The molecule has 2 heteroatoms. The summed E-state index contributed by atoms with van der Waals surface area (Å²) in [6.07, 6.45) is 31.1. The van der Waals surface area contributed by atoms with Crippen LogP contribution in [0.5, 0.6) is 0 Å². The van der Waals surface area contributed by atoms with Crippen LogP contribution in [0.3, 0.4) is 0 Å². The third-order valence-electron chi connectivity index (χ3n) is 6.15. The molecule has 0 aromatic rings. The molecule has 1 rings (SSSR count). The van der Waals surface area contributed by atoms with Crippen molar-refractivity contribution in [2.24, 2.45) is 0 Å². The number of nitrogens with one attached hydrogen (secondary N) is 1. The molecule has 1 fully saturated rings. The lowest BCUT2D eigenvalue weighted by Crippen LogP contribution is -2.23. The highest BCUT2D eigenvalue weighted by Gasteiger charge is 2.01. The van der Waals surface area contributed by atoms with E-state index >= 15 is 0 Å². The van der Waals surface area contributed by atoms with E-state index in [1.165, 1.54) is 128 Å². The van der Waals surface area contributed by atoms with E-state index in [0.29, 0.717) is 0 Å². The van der Waals surface area contributed by atoms with Gasteiger partial charge in [0.2, 0.25) is 5.91 Å². The maximum atomic E-state index is 11.8. The van der Waals surface area contributed by atoms with E-state index in [-0.39, 0.29) is 5.91 Å². The van der Waals surface area contributed by atoms with Gasteiger partial charge in [0.05, 0.1) is 0 Å². The second-order valence-corrected chi connectivity index (χ2v) is 8.88. The molecule has 27 heavy (non-hydrogen) atoms. The molecule has 2 nitrogen and oxygen atoms in total. The van der Waals surface area contributed by atoms with Crippen LogP contribution in [0, 0.1) is 0 Å². The second kappa shape index (κ2) is 20.2. The zero-order chi connectivity index (χ0) is 19.3. The van der Waals surface area contributed by atoms with Crippen LogP contribution in [0.4, 0.5) is 0 Å². The first-order chi connectivity index (χ1) is 13.4. The summed E-state index contributed by atoms with van der Waals surface area (Å²) in [6.45, 7) is 0.888. The van der Waals surface area contributed by atoms with E-state index in [9.17, 15) is 4.79 Å². The van der Waals surface area contributed by atoms with Crippen LogP contribution in [-0.4, -0.2) is 12.5 Å². The van der Waals surface area contributed by atoms with Gasteiger partial charge < -0.3 is 5.32 Å². The molecule has 1 aliphatic rings. The maximum absolute atomic E-state index is 11.8. The highest BCUT2D eigenvalue weighted by molar-refractivity contribution is 5.75. The molecule has 0 bridgehead atoms. The van der Waals surface area contributed by atoms with Gasteiger partial charge in [-0.05, 0) is 12.8 Å². The molecular formula is C25H49NO. The van der Waals surface area contributed by atoms with Crippen LogP contribution >= 0.6 is 0 Å². The molecule has 0 radical (unpaired) electrons. The van der Waals surface area contributed by atoms with E-state index < -0.39 is 0 Å². The fourth-order valence-corrected chi connectivity index (χ4v) is 4.26. The number of carbonyl (C=O) groups is 1. The summed E-state index contributed by atoms with van der Waals surface area (Å²) in [6, 6.07) is 0. The average molecular weight is 380 g/mol. The lowest BCUT2D eigenvalue weighted by Gasteiger charge is -2.06. The third kappa shape index (κ3) is 18.6. The normalized spacial score (nSPS) is 23.3. The molecule has 1 heterocycles. The predicted octanol–water partition coefficient (Wildman–Crippen LogP) is 8.09. The number of hydrogen-bond acceptors (Lipinski definition) is 1. The van der Waals surface area contributed by atoms with Gasteiger partial charge in [-0.25, -0.2) is 0 Å². The van der Waals surface area contributed by atoms with Crippen molar-refractivity contribution in [3.8, 4) is 0 Å². The summed E-state index contributed by atoms with van der Waals surface area (Å²) < 4.78 is 0. The minimum atomic E-state index is 0.274. The molecular weight excluding hydrogens is 330 g/mol. The summed E-state index contributed by atoms with van der Waals surface area (Å²) in [5.74, 6) is 0.274. The summed E-state index contributed by atoms with van der Waals surface area (Å²) in [7, 11) is 0. The van der Waals surface area contributed by atoms with Gasteiger partial charge in [-0.1, -0.05) is 128 Å². The van der Waals surface area contributed by atoms with Gasteiger partial charge in [0.25, 0.3) is 0 Å². The Morgan fingerprint density at radius 3 is 0.963 bits per heavy atom. The number of amides is 1. The molecule has 0 unspecified atom stereocenters. The molecule has 0 spiro atoms. The first-order valence-electron chi connectivity index (χ1n) is 12.7. The molecule has 0 aliphatic carbocycles. The average Bonchev–Trinajstić information content (AvgIpc) is 2.67. The molecule has 0 saturated carbocycles. The summed E-state index contributed by atoms with van der Waals surface area (Å²) in [5.41, 5.74) is 0. The molecule has 160 valence electrons. The van der Waals surface area contributed by atoms with Crippen LogP contribution in [-0.2, 0) is 4.79 Å². The van der Waals surface area contributed by atoms with Gasteiger partial charge in [-0.3, -0.25) is 4.79 Å². The molecule has 0 aromatic carbocycles. The molecule has 0 aromatic heterocycles. The zero-order valence-electron chi connectivity index (χ0n) is 18.4. The van der Waals surface area contributed by atoms with Crippen LogP contribution in [0.2, 0.25) is 0 Å². The summed E-state index contributed by atoms with van der Waals surface area (Å²) >= 11 is 0. The van der Waals surface area contributed by atoms with Gasteiger partial charge in [0, 0.05) is 13.0 Å². The van der Waals surface area contributed by atoms with E-state index in [1.807, 2.05) is 0 Å². The van der Waals surface area contributed by atoms with Gasteiger partial charge in [-0.15, -0.1) is 0 Å². The SMILES string of the molecule is O=C1CCCCCCCCCCCCCCCCCCCCCCCCN1. The number of rotatable bonds is 0. The first-order valence-corrected chi connectivity index (χ1v) is 12.7. The summed E-state index contributed by atoms with van der Waals surface area (Å²) in [5, 5.41) is 3.11. The van der Waals surface area contributed by atoms with E-state index in [1.54, 1.807) is 0 Å². The second-order valence-electron chi connectivity index (χ2n) is 8.88. The number of hydrogen-bond donors (Lipinski definition) is 1. The van der Waals surface area contributed by atoms with E-state index in [0.717, 1.165) is 25.8 Å². The van der Waals surface area contributed by atoms with Gasteiger partial charge in [0.15, 0.2) is 0 Å². The van der Waals surface area contributed by atoms with Crippen molar-refractivity contribution in [2.75, 3.05) is 6.54 Å². The monoisotopic (exact) mass is 379 g/mol.